The summed E-state index contributed by atoms with van der Waals surface area (Å²) in [6.45, 7) is 0.962. The maximum Gasteiger partial charge on any atom is 0.522 e. The SMILES string of the molecule is COc1cn(C(CCOC(F)(F)F)C(=O)Cc2ccc(C(=O)OC(C)(C)C)cc2)c(=O)cc1-c1cc(Cl)ccc1OC(F)F. The van der Waals surface area contributed by atoms with Gasteiger partial charge >= 0.3 is 18.9 Å². The number of ether oxygens (including phenoxy) is 4. The number of alkyl halides is 5. The smallest absolute Gasteiger partial charge is 0.495 e. The van der Waals surface area contributed by atoms with Crippen LogP contribution in [-0.4, -0.2) is 48.6 Å². The van der Waals surface area contributed by atoms with Crippen molar-refractivity contribution in [2.45, 2.75) is 58.2 Å². The van der Waals surface area contributed by atoms with Gasteiger partial charge in [-0.3, -0.25) is 14.3 Å². The minimum Gasteiger partial charge on any atom is -0.495 e. The molecule has 14 heteroatoms. The number of hydrogen-bond acceptors (Lipinski definition) is 7. The lowest BCUT2D eigenvalue weighted by molar-refractivity contribution is -0.325. The summed E-state index contributed by atoms with van der Waals surface area (Å²) in [4.78, 5) is 39.1. The van der Waals surface area contributed by atoms with E-state index in [-0.39, 0.29) is 39.6 Å². The number of carbonyl (C=O) groups is 2. The molecule has 44 heavy (non-hydrogen) atoms. The van der Waals surface area contributed by atoms with E-state index in [0.29, 0.717) is 5.56 Å². The average Bonchev–Trinajstić information content (AvgIpc) is 2.91. The zero-order valence-electron chi connectivity index (χ0n) is 24.0. The molecule has 0 aliphatic carbocycles. The number of carbonyl (C=O) groups excluding carboxylic acids is 2. The van der Waals surface area contributed by atoms with Gasteiger partial charge in [-0.2, -0.15) is 8.78 Å². The van der Waals surface area contributed by atoms with E-state index in [1.807, 2.05) is 0 Å². The topological polar surface area (TPSA) is 93.1 Å². The van der Waals surface area contributed by atoms with Gasteiger partial charge in [-0.15, -0.1) is 13.2 Å². The summed E-state index contributed by atoms with van der Waals surface area (Å²) < 4.78 is 84.3. The Hall–Kier alpha value is -3.97. The summed E-state index contributed by atoms with van der Waals surface area (Å²) in [7, 11) is 1.21. The highest BCUT2D eigenvalue weighted by Crippen LogP contribution is 2.38. The van der Waals surface area contributed by atoms with Crippen LogP contribution in [0.4, 0.5) is 22.0 Å². The van der Waals surface area contributed by atoms with Crippen molar-refractivity contribution in [3.05, 3.63) is 81.2 Å². The minimum atomic E-state index is -4.98. The zero-order chi connectivity index (χ0) is 32.8. The van der Waals surface area contributed by atoms with Crippen molar-refractivity contribution in [1.29, 1.82) is 0 Å². The highest BCUT2D eigenvalue weighted by molar-refractivity contribution is 6.31. The van der Waals surface area contributed by atoms with E-state index < -0.39 is 55.0 Å². The molecule has 0 fully saturated rings. The predicted molar refractivity (Wildman–Crippen MR) is 150 cm³/mol. The molecule has 1 unspecified atom stereocenters. The first-order chi connectivity index (χ1) is 20.5. The molecule has 2 aromatic carbocycles. The number of pyridine rings is 1. The van der Waals surface area contributed by atoms with Gasteiger partial charge in [0.2, 0.25) is 0 Å². The Balaban J connectivity index is 1.99. The predicted octanol–water partition coefficient (Wildman–Crippen LogP) is 7.01. The van der Waals surface area contributed by atoms with Crippen LogP contribution in [0, 0.1) is 0 Å². The lowest BCUT2D eigenvalue weighted by atomic mass is 9.99. The fourth-order valence-electron chi connectivity index (χ4n) is 4.21. The van der Waals surface area contributed by atoms with Crippen LogP contribution in [0.25, 0.3) is 11.1 Å². The molecule has 1 atom stereocenters. The molecular weight excluding hydrogens is 617 g/mol. The Kier molecular flexibility index (Phi) is 11.1. The number of ketones is 1. The monoisotopic (exact) mass is 645 g/mol. The van der Waals surface area contributed by atoms with Gasteiger partial charge in [0.05, 0.1) is 31.5 Å². The second kappa shape index (κ2) is 14.2. The molecule has 0 bridgehead atoms. The van der Waals surface area contributed by atoms with Crippen molar-refractivity contribution in [1.82, 2.24) is 4.57 Å². The van der Waals surface area contributed by atoms with Crippen molar-refractivity contribution in [2.75, 3.05) is 13.7 Å². The number of hydrogen-bond donors (Lipinski definition) is 0. The number of rotatable bonds is 12. The molecule has 0 aliphatic heterocycles. The third-order valence-electron chi connectivity index (χ3n) is 6.04. The van der Waals surface area contributed by atoms with Crippen LogP contribution < -0.4 is 15.0 Å². The minimum absolute atomic E-state index is 0.0117. The lowest BCUT2D eigenvalue weighted by Gasteiger charge is -2.22. The second-order valence-electron chi connectivity index (χ2n) is 10.5. The summed E-state index contributed by atoms with van der Waals surface area (Å²) in [5, 5.41) is 0.128. The van der Waals surface area contributed by atoms with Crippen molar-refractivity contribution < 1.29 is 50.5 Å². The van der Waals surface area contributed by atoms with E-state index in [9.17, 15) is 36.3 Å². The molecule has 8 nitrogen and oxygen atoms in total. The molecule has 1 aromatic heterocycles. The first-order valence-corrected chi connectivity index (χ1v) is 13.5. The third-order valence-corrected chi connectivity index (χ3v) is 6.28. The molecule has 3 aromatic rings. The van der Waals surface area contributed by atoms with Crippen molar-refractivity contribution >= 4 is 23.4 Å². The number of nitrogens with zero attached hydrogens (tertiary/aromatic N) is 1. The van der Waals surface area contributed by atoms with Crippen LogP contribution in [-0.2, 0) is 20.7 Å². The largest absolute Gasteiger partial charge is 0.522 e. The van der Waals surface area contributed by atoms with Crippen LogP contribution in [0.15, 0.2) is 59.5 Å². The normalized spacial score (nSPS) is 12.6. The number of esters is 1. The molecule has 0 radical (unpaired) electrons. The van der Waals surface area contributed by atoms with E-state index in [1.165, 1.54) is 49.6 Å². The zero-order valence-corrected chi connectivity index (χ0v) is 24.8. The van der Waals surface area contributed by atoms with Gasteiger partial charge in [-0.25, -0.2) is 4.79 Å². The number of benzene rings is 2. The van der Waals surface area contributed by atoms with Crippen LogP contribution >= 0.6 is 11.6 Å². The average molecular weight is 646 g/mol. The van der Waals surface area contributed by atoms with E-state index in [0.717, 1.165) is 16.8 Å². The number of aromatic nitrogens is 1. The first kappa shape index (κ1) is 34.5. The maximum absolute atomic E-state index is 13.5. The van der Waals surface area contributed by atoms with E-state index in [4.69, 9.17) is 21.1 Å². The van der Waals surface area contributed by atoms with Gasteiger partial charge in [-0.05, 0) is 63.1 Å². The first-order valence-electron chi connectivity index (χ1n) is 13.1. The Bertz CT molecular complexity index is 1530. The van der Waals surface area contributed by atoms with E-state index in [1.54, 1.807) is 20.8 Å². The second-order valence-corrected chi connectivity index (χ2v) is 10.9. The van der Waals surface area contributed by atoms with Gasteiger partial charge in [0.25, 0.3) is 5.56 Å². The molecule has 0 saturated heterocycles. The molecule has 0 amide bonds. The summed E-state index contributed by atoms with van der Waals surface area (Å²) >= 11 is 6.04. The van der Waals surface area contributed by atoms with Crippen LogP contribution in [0.2, 0.25) is 5.02 Å². The van der Waals surface area contributed by atoms with Crippen LogP contribution in [0.3, 0.4) is 0 Å². The summed E-state index contributed by atoms with van der Waals surface area (Å²) in [5.41, 5.74) is -0.984. The Morgan fingerprint density at radius 3 is 2.16 bits per heavy atom. The maximum atomic E-state index is 13.5. The molecule has 3 rings (SSSR count). The molecule has 1 heterocycles. The Morgan fingerprint density at radius 2 is 1.59 bits per heavy atom. The number of halogens is 6. The lowest BCUT2D eigenvalue weighted by Crippen LogP contribution is -2.32. The summed E-state index contributed by atoms with van der Waals surface area (Å²) in [6, 6.07) is 9.10. The van der Waals surface area contributed by atoms with Crippen molar-refractivity contribution in [2.24, 2.45) is 0 Å². The fraction of sp³-hybridized carbons (Fsp3) is 0.367. The van der Waals surface area contributed by atoms with Gasteiger partial charge in [-0.1, -0.05) is 23.7 Å². The Labute approximate surface area is 254 Å². The van der Waals surface area contributed by atoms with Gasteiger partial charge in [0.1, 0.15) is 17.1 Å². The summed E-state index contributed by atoms with van der Waals surface area (Å²) in [5.74, 6) is -1.64. The number of Topliss-reactive ketones (excluding diaryl/α,β-unsaturated/α-hetero) is 1. The Morgan fingerprint density at radius 1 is 0.955 bits per heavy atom. The van der Waals surface area contributed by atoms with Crippen LogP contribution in [0.1, 0.15) is 49.2 Å². The summed E-state index contributed by atoms with van der Waals surface area (Å²) in [6.07, 6.45) is -4.76. The van der Waals surface area contributed by atoms with Crippen LogP contribution in [0.5, 0.6) is 11.5 Å². The van der Waals surface area contributed by atoms with Crippen molar-refractivity contribution in [3.63, 3.8) is 0 Å². The van der Waals surface area contributed by atoms with E-state index >= 15 is 0 Å². The number of methoxy groups -OCH3 is 1. The third kappa shape index (κ3) is 9.78. The van der Waals surface area contributed by atoms with Gasteiger partial charge < -0.3 is 18.8 Å². The molecule has 0 spiro atoms. The molecule has 0 N–H and O–H groups in total. The van der Waals surface area contributed by atoms with Gasteiger partial charge in [0.15, 0.2) is 5.78 Å². The quantitative estimate of drug-likeness (QED) is 0.154. The van der Waals surface area contributed by atoms with Gasteiger partial charge in [0, 0.05) is 28.6 Å². The standard InChI is InChI=1S/C30H29ClF5NO7/c1-29(2,3)44-27(40)18-7-5-17(6-8-18)13-23(38)22(11-12-42-30(34,35)36)37-16-25(41-4)21(15-26(37)39)20-14-19(31)9-10-24(20)43-28(32)33/h5-10,14-16,22,28H,11-13H2,1-4H3. The highest BCUT2D eigenvalue weighted by Gasteiger charge is 2.31. The highest BCUT2D eigenvalue weighted by atomic mass is 35.5. The molecular formula is C30H29ClF5NO7. The molecule has 238 valence electrons. The molecule has 0 saturated carbocycles. The molecule has 0 aliphatic rings. The fourth-order valence-corrected chi connectivity index (χ4v) is 4.39. The van der Waals surface area contributed by atoms with Crippen molar-refractivity contribution in [3.8, 4) is 22.6 Å². The van der Waals surface area contributed by atoms with E-state index in [2.05, 4.69) is 9.47 Å².